The van der Waals surface area contributed by atoms with Crippen LogP contribution in [0.3, 0.4) is 0 Å². The Morgan fingerprint density at radius 2 is 1.81 bits per heavy atom. The summed E-state index contributed by atoms with van der Waals surface area (Å²) in [6.45, 7) is 0.730. The highest BCUT2D eigenvalue weighted by molar-refractivity contribution is 5.36. The van der Waals surface area contributed by atoms with E-state index < -0.39 is 6.10 Å². The average Bonchev–Trinajstić information content (AvgIpc) is 2.56. The number of rotatable bonds is 4. The number of hydrogen-bond acceptors (Lipinski definition) is 3. The highest BCUT2D eigenvalue weighted by Gasteiger charge is 2.16. The van der Waals surface area contributed by atoms with Crippen LogP contribution in [0.4, 0.5) is 0 Å². The van der Waals surface area contributed by atoms with Gasteiger partial charge in [0.2, 0.25) is 0 Å². The van der Waals surface area contributed by atoms with Gasteiger partial charge in [-0.15, -0.1) is 0 Å². The number of benzene rings is 2. The summed E-state index contributed by atoms with van der Waals surface area (Å²) in [5.41, 5.74) is 1.73. The minimum absolute atomic E-state index is 0.635. The van der Waals surface area contributed by atoms with E-state index in [2.05, 4.69) is 0 Å². The normalized spacial score (nSPS) is 15.8. The van der Waals surface area contributed by atoms with Crippen molar-refractivity contribution in [1.29, 1.82) is 0 Å². The predicted molar refractivity (Wildman–Crippen MR) is 81.2 cm³/mol. The SMILES string of the molecule is OC(C1=COCCC1)c1cccc(Oc2ccccc2)c1. The summed E-state index contributed by atoms with van der Waals surface area (Å²) in [5.74, 6) is 1.50. The number of para-hydroxylation sites is 1. The third-order valence-corrected chi connectivity index (χ3v) is 3.47. The maximum atomic E-state index is 10.4. The molecule has 0 radical (unpaired) electrons. The lowest BCUT2D eigenvalue weighted by Crippen LogP contribution is -2.07. The number of ether oxygens (including phenoxy) is 2. The van der Waals surface area contributed by atoms with E-state index in [9.17, 15) is 5.11 Å². The van der Waals surface area contributed by atoms with Gasteiger partial charge in [0.05, 0.1) is 12.9 Å². The van der Waals surface area contributed by atoms with Crippen molar-refractivity contribution in [1.82, 2.24) is 0 Å². The molecule has 1 N–H and O–H groups in total. The zero-order valence-electron chi connectivity index (χ0n) is 11.7. The summed E-state index contributed by atoms with van der Waals surface area (Å²) in [6.07, 6.45) is 2.86. The number of aliphatic hydroxyl groups is 1. The molecule has 0 spiro atoms. The summed E-state index contributed by atoms with van der Waals surface area (Å²) in [5, 5.41) is 10.4. The zero-order valence-corrected chi connectivity index (χ0v) is 11.7. The molecule has 0 aromatic heterocycles. The molecule has 21 heavy (non-hydrogen) atoms. The molecule has 3 nitrogen and oxygen atoms in total. The summed E-state index contributed by atoms with van der Waals surface area (Å²) in [6, 6.07) is 17.2. The summed E-state index contributed by atoms with van der Waals surface area (Å²) < 4.78 is 11.1. The lowest BCUT2D eigenvalue weighted by atomic mass is 9.98. The summed E-state index contributed by atoms with van der Waals surface area (Å²) >= 11 is 0. The minimum atomic E-state index is -0.635. The van der Waals surface area contributed by atoms with Crippen LogP contribution >= 0.6 is 0 Å². The van der Waals surface area contributed by atoms with Crippen LogP contribution in [-0.2, 0) is 4.74 Å². The van der Waals surface area contributed by atoms with Crippen molar-refractivity contribution in [2.24, 2.45) is 0 Å². The first kappa shape index (κ1) is 13.7. The molecule has 3 heteroatoms. The first-order valence-corrected chi connectivity index (χ1v) is 7.14. The molecular formula is C18H18O3. The molecule has 0 fully saturated rings. The Kier molecular flexibility index (Phi) is 4.22. The Bertz CT molecular complexity index is 619. The Morgan fingerprint density at radius 3 is 2.57 bits per heavy atom. The van der Waals surface area contributed by atoms with Crippen LogP contribution in [-0.4, -0.2) is 11.7 Å². The van der Waals surface area contributed by atoms with Crippen LogP contribution in [0.2, 0.25) is 0 Å². The monoisotopic (exact) mass is 282 g/mol. The molecule has 0 saturated carbocycles. The summed E-state index contributed by atoms with van der Waals surface area (Å²) in [7, 11) is 0. The van der Waals surface area contributed by atoms with E-state index in [4.69, 9.17) is 9.47 Å². The Labute approximate surface area is 124 Å². The van der Waals surface area contributed by atoms with Gasteiger partial charge in [0.15, 0.2) is 0 Å². The second-order valence-corrected chi connectivity index (χ2v) is 5.06. The van der Waals surface area contributed by atoms with Crippen molar-refractivity contribution in [3.05, 3.63) is 72.0 Å². The van der Waals surface area contributed by atoms with Gasteiger partial charge in [0.1, 0.15) is 17.6 Å². The van der Waals surface area contributed by atoms with Crippen LogP contribution in [0.1, 0.15) is 24.5 Å². The molecule has 1 atom stereocenters. The zero-order chi connectivity index (χ0) is 14.5. The second kappa shape index (κ2) is 6.46. The van der Waals surface area contributed by atoms with E-state index in [0.29, 0.717) is 0 Å². The molecule has 0 aliphatic carbocycles. The van der Waals surface area contributed by atoms with Crippen LogP contribution < -0.4 is 4.74 Å². The van der Waals surface area contributed by atoms with Gasteiger partial charge in [0, 0.05) is 0 Å². The van der Waals surface area contributed by atoms with E-state index in [1.807, 2.05) is 54.6 Å². The fourth-order valence-corrected chi connectivity index (χ4v) is 2.37. The van der Waals surface area contributed by atoms with Crippen LogP contribution in [0.5, 0.6) is 11.5 Å². The third-order valence-electron chi connectivity index (χ3n) is 3.47. The van der Waals surface area contributed by atoms with Crippen molar-refractivity contribution in [2.45, 2.75) is 18.9 Å². The molecule has 0 saturated heterocycles. The fourth-order valence-electron chi connectivity index (χ4n) is 2.37. The first-order chi connectivity index (χ1) is 10.3. The average molecular weight is 282 g/mol. The Balaban J connectivity index is 1.78. The minimum Gasteiger partial charge on any atom is -0.501 e. The Hall–Kier alpha value is -2.26. The van der Waals surface area contributed by atoms with Gasteiger partial charge in [0.25, 0.3) is 0 Å². The van der Waals surface area contributed by atoms with Crippen LogP contribution in [0, 0.1) is 0 Å². The van der Waals surface area contributed by atoms with E-state index in [1.54, 1.807) is 6.26 Å². The van der Waals surface area contributed by atoms with Crippen molar-refractivity contribution in [3.8, 4) is 11.5 Å². The van der Waals surface area contributed by atoms with Crippen molar-refractivity contribution < 1.29 is 14.6 Å². The number of hydrogen-bond donors (Lipinski definition) is 1. The molecule has 0 amide bonds. The molecule has 108 valence electrons. The number of aliphatic hydroxyl groups excluding tert-OH is 1. The maximum absolute atomic E-state index is 10.4. The molecule has 1 aliphatic heterocycles. The lowest BCUT2D eigenvalue weighted by molar-refractivity contribution is 0.170. The second-order valence-electron chi connectivity index (χ2n) is 5.06. The van der Waals surface area contributed by atoms with E-state index in [-0.39, 0.29) is 0 Å². The van der Waals surface area contributed by atoms with Crippen LogP contribution in [0.15, 0.2) is 66.4 Å². The predicted octanol–water partition coefficient (Wildman–Crippen LogP) is 4.21. The molecule has 1 aliphatic rings. The first-order valence-electron chi connectivity index (χ1n) is 7.14. The Morgan fingerprint density at radius 1 is 1.00 bits per heavy atom. The van der Waals surface area contributed by atoms with Gasteiger partial charge >= 0.3 is 0 Å². The largest absolute Gasteiger partial charge is 0.501 e. The highest BCUT2D eigenvalue weighted by Crippen LogP contribution is 2.30. The molecule has 1 unspecified atom stereocenters. The van der Waals surface area contributed by atoms with Crippen molar-refractivity contribution in [2.75, 3.05) is 6.61 Å². The van der Waals surface area contributed by atoms with Gasteiger partial charge in [-0.05, 0) is 48.2 Å². The molecule has 3 rings (SSSR count). The molecular weight excluding hydrogens is 264 g/mol. The van der Waals surface area contributed by atoms with E-state index in [0.717, 1.165) is 42.1 Å². The van der Waals surface area contributed by atoms with E-state index in [1.165, 1.54) is 0 Å². The quantitative estimate of drug-likeness (QED) is 0.913. The molecule has 1 heterocycles. The third kappa shape index (κ3) is 3.44. The molecule has 2 aromatic carbocycles. The summed E-state index contributed by atoms with van der Waals surface area (Å²) in [4.78, 5) is 0. The van der Waals surface area contributed by atoms with Gasteiger partial charge < -0.3 is 14.6 Å². The van der Waals surface area contributed by atoms with Gasteiger partial charge in [-0.3, -0.25) is 0 Å². The maximum Gasteiger partial charge on any atom is 0.127 e. The fraction of sp³-hybridized carbons (Fsp3) is 0.222. The molecule has 0 bridgehead atoms. The van der Waals surface area contributed by atoms with Gasteiger partial charge in [-0.2, -0.15) is 0 Å². The lowest BCUT2D eigenvalue weighted by Gasteiger charge is -2.19. The van der Waals surface area contributed by atoms with Gasteiger partial charge in [-0.1, -0.05) is 30.3 Å². The smallest absolute Gasteiger partial charge is 0.127 e. The van der Waals surface area contributed by atoms with Crippen LogP contribution in [0.25, 0.3) is 0 Å². The van der Waals surface area contributed by atoms with Crippen molar-refractivity contribution >= 4 is 0 Å². The molecule has 2 aromatic rings. The van der Waals surface area contributed by atoms with Gasteiger partial charge in [-0.25, -0.2) is 0 Å². The van der Waals surface area contributed by atoms with E-state index >= 15 is 0 Å². The standard InChI is InChI=1S/C18H18O3/c19-18(15-7-5-11-20-13-15)14-6-4-10-17(12-14)21-16-8-2-1-3-9-16/h1-4,6,8-10,12-13,18-19H,5,7,11H2. The van der Waals surface area contributed by atoms with Crippen molar-refractivity contribution in [3.63, 3.8) is 0 Å². The highest BCUT2D eigenvalue weighted by atomic mass is 16.5. The topological polar surface area (TPSA) is 38.7 Å².